The summed E-state index contributed by atoms with van der Waals surface area (Å²) in [6.07, 6.45) is 5.29. The van der Waals surface area contributed by atoms with Crippen molar-refractivity contribution in [1.29, 1.82) is 0 Å². The van der Waals surface area contributed by atoms with Crippen LogP contribution in [0.4, 0.5) is 0 Å². The van der Waals surface area contributed by atoms with E-state index < -0.39 is 0 Å². The van der Waals surface area contributed by atoms with Crippen molar-refractivity contribution in [1.82, 2.24) is 19.8 Å². The number of methoxy groups -OCH3 is 1. The van der Waals surface area contributed by atoms with Crippen LogP contribution in [0.3, 0.4) is 0 Å². The summed E-state index contributed by atoms with van der Waals surface area (Å²) in [6.45, 7) is 4.00. The van der Waals surface area contributed by atoms with E-state index in [9.17, 15) is 9.59 Å². The molecule has 7 heteroatoms. The van der Waals surface area contributed by atoms with E-state index in [2.05, 4.69) is 9.97 Å². The predicted octanol–water partition coefficient (Wildman–Crippen LogP) is 1.65. The number of aryl methyl sites for hydroxylation is 1. The minimum absolute atomic E-state index is 0.0195. The van der Waals surface area contributed by atoms with Gasteiger partial charge in [-0.25, -0.2) is 4.98 Å². The van der Waals surface area contributed by atoms with Crippen molar-refractivity contribution in [3.05, 3.63) is 53.6 Å². The minimum atomic E-state index is -0.150. The molecule has 0 atom stereocenters. The molecule has 136 valence electrons. The van der Waals surface area contributed by atoms with Gasteiger partial charge in [-0.1, -0.05) is 6.92 Å². The first kappa shape index (κ1) is 17.8. The predicted molar refractivity (Wildman–Crippen MR) is 96.2 cm³/mol. The highest BCUT2D eigenvalue weighted by molar-refractivity contribution is 5.95. The quantitative estimate of drug-likeness (QED) is 0.834. The molecule has 1 aromatic carbocycles. The Hall–Kier alpha value is -2.96. The van der Waals surface area contributed by atoms with Gasteiger partial charge < -0.3 is 14.5 Å². The van der Waals surface area contributed by atoms with Crippen LogP contribution < -0.4 is 4.74 Å². The van der Waals surface area contributed by atoms with Gasteiger partial charge in [-0.05, 0) is 30.2 Å². The summed E-state index contributed by atoms with van der Waals surface area (Å²) in [4.78, 5) is 36.6. The highest BCUT2D eigenvalue weighted by Crippen LogP contribution is 2.21. The Morgan fingerprint density at radius 3 is 2.35 bits per heavy atom. The van der Waals surface area contributed by atoms with Crippen LogP contribution in [0.15, 0.2) is 36.8 Å². The summed E-state index contributed by atoms with van der Waals surface area (Å²) in [6, 6.07) is 5.51. The number of rotatable bonds is 4. The maximum Gasteiger partial charge on any atom is 0.274 e. The van der Waals surface area contributed by atoms with Crippen LogP contribution in [-0.4, -0.2) is 64.9 Å². The second-order valence-corrected chi connectivity index (χ2v) is 6.06. The fraction of sp³-hybridized carbons (Fsp3) is 0.368. The average Bonchev–Trinajstić information content (AvgIpc) is 2.73. The highest BCUT2D eigenvalue weighted by Gasteiger charge is 2.26. The molecule has 1 saturated heterocycles. The standard InChI is InChI=1S/C19H22N4O3/c1-3-14-12-15(4-5-17(14)26-2)18(24)22-8-10-23(11-9-22)19(25)16-13-20-6-7-21-16/h4-7,12-13H,3,8-11H2,1-2H3. The van der Waals surface area contributed by atoms with Gasteiger partial charge >= 0.3 is 0 Å². The Morgan fingerprint density at radius 2 is 1.77 bits per heavy atom. The largest absolute Gasteiger partial charge is 0.496 e. The van der Waals surface area contributed by atoms with Gasteiger partial charge in [0.15, 0.2) is 0 Å². The minimum Gasteiger partial charge on any atom is -0.496 e. The molecule has 0 spiro atoms. The third-order valence-corrected chi connectivity index (χ3v) is 4.54. The second kappa shape index (κ2) is 7.95. The molecule has 0 aliphatic carbocycles. The van der Waals surface area contributed by atoms with Crippen LogP contribution >= 0.6 is 0 Å². The Labute approximate surface area is 152 Å². The summed E-state index contributed by atoms with van der Waals surface area (Å²) in [7, 11) is 1.63. The van der Waals surface area contributed by atoms with Crippen molar-refractivity contribution in [3.63, 3.8) is 0 Å². The molecule has 0 saturated carbocycles. The fourth-order valence-corrected chi connectivity index (χ4v) is 3.05. The fourth-order valence-electron chi connectivity index (χ4n) is 3.05. The molecule has 1 aliphatic heterocycles. The maximum atomic E-state index is 12.8. The van der Waals surface area contributed by atoms with Crippen LogP contribution in [0.25, 0.3) is 0 Å². The average molecular weight is 354 g/mol. The number of hydrogen-bond acceptors (Lipinski definition) is 5. The van der Waals surface area contributed by atoms with Crippen molar-refractivity contribution in [2.45, 2.75) is 13.3 Å². The molecule has 1 aliphatic rings. The van der Waals surface area contributed by atoms with E-state index in [0.717, 1.165) is 17.7 Å². The van der Waals surface area contributed by atoms with Gasteiger partial charge in [-0.3, -0.25) is 14.6 Å². The van der Waals surface area contributed by atoms with Gasteiger partial charge in [0, 0.05) is 44.1 Å². The van der Waals surface area contributed by atoms with E-state index in [-0.39, 0.29) is 11.8 Å². The van der Waals surface area contributed by atoms with Crippen molar-refractivity contribution in [2.75, 3.05) is 33.3 Å². The first-order valence-electron chi connectivity index (χ1n) is 8.65. The van der Waals surface area contributed by atoms with E-state index in [4.69, 9.17) is 4.74 Å². The van der Waals surface area contributed by atoms with Crippen molar-refractivity contribution < 1.29 is 14.3 Å². The van der Waals surface area contributed by atoms with Gasteiger partial charge in [0.1, 0.15) is 11.4 Å². The Balaban J connectivity index is 1.64. The van der Waals surface area contributed by atoms with E-state index >= 15 is 0 Å². The van der Waals surface area contributed by atoms with E-state index in [1.807, 2.05) is 19.1 Å². The molecular formula is C19H22N4O3. The molecule has 2 amide bonds. The van der Waals surface area contributed by atoms with Gasteiger partial charge in [0.2, 0.25) is 0 Å². The normalized spacial score (nSPS) is 14.2. The molecule has 2 heterocycles. The van der Waals surface area contributed by atoms with Crippen molar-refractivity contribution in [2.24, 2.45) is 0 Å². The first-order valence-corrected chi connectivity index (χ1v) is 8.65. The van der Waals surface area contributed by atoms with Crippen LogP contribution in [0, 0.1) is 0 Å². The van der Waals surface area contributed by atoms with E-state index in [1.165, 1.54) is 18.6 Å². The zero-order valence-electron chi connectivity index (χ0n) is 15.0. The Bertz CT molecular complexity index is 787. The van der Waals surface area contributed by atoms with Gasteiger partial charge in [0.05, 0.1) is 13.3 Å². The molecule has 0 bridgehead atoms. The molecular weight excluding hydrogens is 332 g/mol. The number of benzene rings is 1. The zero-order chi connectivity index (χ0) is 18.5. The first-order chi connectivity index (χ1) is 12.6. The molecule has 2 aromatic rings. The maximum absolute atomic E-state index is 12.8. The lowest BCUT2D eigenvalue weighted by Gasteiger charge is -2.34. The lowest BCUT2D eigenvalue weighted by molar-refractivity contribution is 0.0532. The van der Waals surface area contributed by atoms with Gasteiger partial charge in [-0.2, -0.15) is 0 Å². The molecule has 26 heavy (non-hydrogen) atoms. The second-order valence-electron chi connectivity index (χ2n) is 6.06. The van der Waals surface area contributed by atoms with Crippen LogP contribution in [0.5, 0.6) is 5.75 Å². The zero-order valence-corrected chi connectivity index (χ0v) is 15.0. The molecule has 3 rings (SSSR count). The number of aromatic nitrogens is 2. The Morgan fingerprint density at radius 1 is 1.08 bits per heavy atom. The van der Waals surface area contributed by atoms with Crippen molar-refractivity contribution in [3.8, 4) is 5.75 Å². The smallest absolute Gasteiger partial charge is 0.274 e. The summed E-state index contributed by atoms with van der Waals surface area (Å²) in [5, 5.41) is 0. The van der Waals surface area contributed by atoms with Crippen LogP contribution in [0.2, 0.25) is 0 Å². The lowest BCUT2D eigenvalue weighted by Crippen LogP contribution is -2.50. The van der Waals surface area contributed by atoms with E-state index in [0.29, 0.717) is 37.4 Å². The van der Waals surface area contributed by atoms with E-state index in [1.54, 1.807) is 23.0 Å². The topological polar surface area (TPSA) is 75.6 Å². The molecule has 0 N–H and O–H groups in total. The SMILES string of the molecule is CCc1cc(C(=O)N2CCN(C(=O)c3cnccn3)CC2)ccc1OC. The lowest BCUT2D eigenvalue weighted by atomic mass is 10.1. The number of carbonyl (C=O) groups is 2. The number of carbonyl (C=O) groups excluding carboxylic acids is 2. The summed E-state index contributed by atoms with van der Waals surface area (Å²) < 4.78 is 5.32. The number of piperazine rings is 1. The molecule has 1 fully saturated rings. The molecule has 7 nitrogen and oxygen atoms in total. The third kappa shape index (κ3) is 3.66. The highest BCUT2D eigenvalue weighted by atomic mass is 16.5. The number of nitrogens with zero attached hydrogens (tertiary/aromatic N) is 4. The summed E-state index contributed by atoms with van der Waals surface area (Å²) in [5.74, 6) is 0.625. The monoisotopic (exact) mass is 354 g/mol. The molecule has 0 radical (unpaired) electrons. The summed E-state index contributed by atoms with van der Waals surface area (Å²) >= 11 is 0. The third-order valence-electron chi connectivity index (χ3n) is 4.54. The Kier molecular flexibility index (Phi) is 5.46. The van der Waals surface area contributed by atoms with Gasteiger partial charge in [0.25, 0.3) is 11.8 Å². The summed E-state index contributed by atoms with van der Waals surface area (Å²) in [5.41, 5.74) is 1.99. The van der Waals surface area contributed by atoms with Gasteiger partial charge in [-0.15, -0.1) is 0 Å². The van der Waals surface area contributed by atoms with Crippen LogP contribution in [0.1, 0.15) is 33.3 Å². The molecule has 0 unspecified atom stereocenters. The van der Waals surface area contributed by atoms with Crippen molar-refractivity contribution >= 4 is 11.8 Å². The molecule has 1 aromatic heterocycles. The number of ether oxygens (including phenoxy) is 1. The number of amides is 2. The number of hydrogen-bond donors (Lipinski definition) is 0. The van der Waals surface area contributed by atoms with Crippen LogP contribution in [-0.2, 0) is 6.42 Å².